The van der Waals surface area contributed by atoms with Crippen LogP contribution in [-0.4, -0.2) is 64.9 Å². The molecule has 0 amide bonds. The fourth-order valence-electron chi connectivity index (χ4n) is 1.19. The van der Waals surface area contributed by atoms with Crippen molar-refractivity contribution < 1.29 is 23.9 Å². The number of rotatable bonds is 10. The van der Waals surface area contributed by atoms with Gasteiger partial charge in [0.15, 0.2) is 8.32 Å². The molecule has 1 unspecified atom stereocenters. The lowest BCUT2D eigenvalue weighted by molar-refractivity contribution is 0.0697. The van der Waals surface area contributed by atoms with Crippen LogP contribution in [0.15, 0.2) is 12.2 Å². The van der Waals surface area contributed by atoms with Crippen LogP contribution in [-0.2, 0) is 8.54 Å². The fourth-order valence-corrected chi connectivity index (χ4v) is 6.20. The number of hydrogen-bond acceptors (Lipinski definition) is 6. The third kappa shape index (κ3) is 14.9. The molecule has 8 heteroatoms. The van der Waals surface area contributed by atoms with Crippen molar-refractivity contribution in [3.8, 4) is 0 Å². The Balaban J connectivity index is 0. The Morgan fingerprint density at radius 3 is 1.86 bits per heavy atom. The molecule has 0 aromatic carbocycles. The van der Waals surface area contributed by atoms with Gasteiger partial charge in [0.1, 0.15) is 0 Å². The highest BCUT2D eigenvalue weighted by Gasteiger charge is 2.22. The molecule has 0 saturated heterocycles. The molecular formula is C14H35NO5Si2. The third-order valence-electron chi connectivity index (χ3n) is 2.47. The predicted molar refractivity (Wildman–Crippen MR) is 95.6 cm³/mol. The number of nitrogens with two attached hydrogens (primary N) is 1. The Labute approximate surface area is 137 Å². The van der Waals surface area contributed by atoms with E-state index in [1.54, 1.807) is 0 Å². The predicted octanol–water partition coefficient (Wildman–Crippen LogP) is 0.722. The van der Waals surface area contributed by atoms with Crippen LogP contribution in [0, 0.1) is 0 Å². The van der Waals surface area contributed by atoms with E-state index in [2.05, 4.69) is 33.1 Å². The molecule has 0 bridgehead atoms. The van der Waals surface area contributed by atoms with Gasteiger partial charge in [-0.3, -0.25) is 0 Å². The maximum Gasteiger partial charge on any atom is 0.311 e. The Morgan fingerprint density at radius 2 is 1.64 bits per heavy atom. The average molecular weight is 354 g/mol. The van der Waals surface area contributed by atoms with Gasteiger partial charge in [-0.25, -0.2) is 0 Å². The lowest BCUT2D eigenvalue weighted by Crippen LogP contribution is -2.50. The van der Waals surface area contributed by atoms with Crippen molar-refractivity contribution in [2.75, 3.05) is 26.4 Å². The minimum Gasteiger partial charge on any atom is -0.438 e. The zero-order chi connectivity index (χ0) is 17.8. The second-order valence-electron chi connectivity index (χ2n) is 6.55. The molecule has 0 heterocycles. The van der Waals surface area contributed by atoms with Gasteiger partial charge in [0, 0.05) is 0 Å². The van der Waals surface area contributed by atoms with Crippen LogP contribution >= 0.6 is 0 Å². The van der Waals surface area contributed by atoms with Crippen molar-refractivity contribution in [1.29, 1.82) is 0 Å². The Hall–Kier alpha value is -0.0662. The molecule has 0 aliphatic rings. The maximum atomic E-state index is 8.34. The quantitative estimate of drug-likeness (QED) is 0.341. The first-order valence-corrected chi connectivity index (χ1v) is 12.8. The van der Waals surface area contributed by atoms with E-state index in [-0.39, 0.29) is 0 Å². The zero-order valence-electron chi connectivity index (χ0n) is 14.8. The molecule has 0 spiro atoms. The van der Waals surface area contributed by atoms with Crippen LogP contribution in [0.3, 0.4) is 0 Å². The van der Waals surface area contributed by atoms with Crippen molar-refractivity contribution in [1.82, 2.24) is 0 Å². The smallest absolute Gasteiger partial charge is 0.311 e. The van der Waals surface area contributed by atoms with Crippen molar-refractivity contribution in [3.05, 3.63) is 12.2 Å². The van der Waals surface area contributed by atoms with Crippen LogP contribution in [0.25, 0.3) is 0 Å². The molecule has 0 aromatic heterocycles. The van der Waals surface area contributed by atoms with Crippen molar-refractivity contribution in [2.24, 2.45) is 5.73 Å². The highest BCUT2D eigenvalue weighted by Crippen LogP contribution is 2.11. The number of hydrogen-bond donors (Lipinski definition) is 4. The summed E-state index contributed by atoms with van der Waals surface area (Å²) in [5.41, 5.74) is 5.02. The summed E-state index contributed by atoms with van der Waals surface area (Å²) >= 11 is 0. The van der Waals surface area contributed by atoms with Gasteiger partial charge in [-0.15, -0.1) is 0 Å². The second-order valence-corrected chi connectivity index (χ2v) is 13.5. The van der Waals surface area contributed by atoms with Crippen molar-refractivity contribution >= 4 is 17.6 Å². The van der Waals surface area contributed by atoms with Crippen LogP contribution < -0.4 is 5.73 Å². The van der Waals surface area contributed by atoms with E-state index in [1.165, 1.54) is 0 Å². The molecule has 22 heavy (non-hydrogen) atoms. The summed E-state index contributed by atoms with van der Waals surface area (Å²) in [6.45, 7) is 14.1. The first kappa shape index (κ1) is 24.2. The molecule has 0 aliphatic carbocycles. The van der Waals surface area contributed by atoms with Crippen LogP contribution in [0.4, 0.5) is 0 Å². The van der Waals surface area contributed by atoms with Gasteiger partial charge in [-0.1, -0.05) is 25.5 Å². The minimum absolute atomic E-state index is 0.403. The standard InChI is InChI=1S/C10H24O2Si2.C4H11NO3/c1-7-8-13(11-9-10(2)3)12-14(4,5)6;5-4(1-6,2-7)3-8/h13H,2,7-9H2,1,3-6H3;6-8H,1-3,5H2. The van der Waals surface area contributed by atoms with Gasteiger partial charge in [0.05, 0.1) is 32.0 Å². The van der Waals surface area contributed by atoms with E-state index in [0.717, 1.165) is 18.0 Å². The topological polar surface area (TPSA) is 105 Å². The minimum atomic E-state index is -1.42. The molecule has 134 valence electrons. The second kappa shape index (κ2) is 12.4. The summed E-state index contributed by atoms with van der Waals surface area (Å²) in [7, 11) is -2.84. The van der Waals surface area contributed by atoms with Gasteiger partial charge in [-0.05, 0) is 32.6 Å². The molecule has 0 radical (unpaired) electrons. The molecule has 0 aromatic rings. The number of aliphatic hydroxyl groups excluding tert-OH is 3. The van der Waals surface area contributed by atoms with Gasteiger partial charge in [0.25, 0.3) is 0 Å². The lowest BCUT2D eigenvalue weighted by atomic mass is 10.1. The summed E-state index contributed by atoms with van der Waals surface area (Å²) in [6.07, 6.45) is 1.15. The van der Waals surface area contributed by atoms with Gasteiger partial charge < -0.3 is 29.6 Å². The van der Waals surface area contributed by atoms with Crippen molar-refractivity contribution in [2.45, 2.75) is 51.5 Å². The van der Waals surface area contributed by atoms with Gasteiger partial charge in [0.2, 0.25) is 0 Å². The van der Waals surface area contributed by atoms with Crippen molar-refractivity contribution in [3.63, 3.8) is 0 Å². The van der Waals surface area contributed by atoms with E-state index in [9.17, 15) is 0 Å². The highest BCUT2D eigenvalue weighted by atomic mass is 28.4. The van der Waals surface area contributed by atoms with E-state index >= 15 is 0 Å². The largest absolute Gasteiger partial charge is 0.438 e. The lowest BCUT2D eigenvalue weighted by Gasteiger charge is -2.25. The van der Waals surface area contributed by atoms with E-state index in [4.69, 9.17) is 29.6 Å². The summed E-state index contributed by atoms with van der Waals surface area (Å²) < 4.78 is 11.8. The summed E-state index contributed by atoms with van der Waals surface area (Å²) in [5, 5.41) is 25.0. The Bertz CT molecular complexity index is 285. The van der Waals surface area contributed by atoms with E-state index in [1.807, 2.05) is 6.92 Å². The molecule has 0 aliphatic heterocycles. The van der Waals surface area contributed by atoms with E-state index in [0.29, 0.717) is 6.61 Å². The van der Waals surface area contributed by atoms with Crippen LogP contribution in [0.1, 0.15) is 20.3 Å². The first-order valence-electron chi connectivity index (χ1n) is 7.58. The zero-order valence-corrected chi connectivity index (χ0v) is 16.9. The number of aliphatic hydroxyl groups is 3. The van der Waals surface area contributed by atoms with Crippen LogP contribution in [0.2, 0.25) is 25.7 Å². The van der Waals surface area contributed by atoms with Gasteiger partial charge >= 0.3 is 9.28 Å². The highest BCUT2D eigenvalue weighted by molar-refractivity contribution is 6.76. The molecule has 0 saturated carbocycles. The molecule has 5 N–H and O–H groups in total. The van der Waals surface area contributed by atoms with Gasteiger partial charge in [-0.2, -0.15) is 0 Å². The maximum absolute atomic E-state index is 8.34. The average Bonchev–Trinajstić information content (AvgIpc) is 2.43. The monoisotopic (exact) mass is 353 g/mol. The summed E-state index contributed by atoms with van der Waals surface area (Å²) in [4.78, 5) is 0. The molecule has 1 atom stereocenters. The molecular weight excluding hydrogens is 318 g/mol. The normalized spacial score (nSPS) is 13.3. The first-order chi connectivity index (χ1) is 10.0. The molecule has 6 nitrogen and oxygen atoms in total. The summed E-state index contributed by atoms with van der Waals surface area (Å²) in [5.74, 6) is 0. The molecule has 0 rings (SSSR count). The third-order valence-corrected chi connectivity index (χ3v) is 7.94. The summed E-state index contributed by atoms with van der Waals surface area (Å²) in [6, 6.07) is 1.11. The Morgan fingerprint density at radius 1 is 1.18 bits per heavy atom. The molecule has 0 fully saturated rings. The fraction of sp³-hybridized carbons (Fsp3) is 0.857. The van der Waals surface area contributed by atoms with E-state index < -0.39 is 43.0 Å². The Kier molecular flexibility index (Phi) is 13.6. The van der Waals surface area contributed by atoms with Crippen LogP contribution in [0.5, 0.6) is 0 Å². The SMILES string of the molecule is C=C(C)CO[SiH](CCC)O[Si](C)(C)C.NC(CO)(CO)CO.